The van der Waals surface area contributed by atoms with Crippen LogP contribution in [-0.4, -0.2) is 31.8 Å². The summed E-state index contributed by atoms with van der Waals surface area (Å²) in [6.45, 7) is 0.196. The second-order valence-electron chi connectivity index (χ2n) is 4.55. The molecule has 1 saturated heterocycles. The molecule has 0 amide bonds. The molecule has 1 aromatic rings. The number of carbonyl (C=O) groups is 1. The van der Waals surface area contributed by atoms with Crippen molar-refractivity contribution in [3.63, 3.8) is 0 Å². The molecule has 1 fully saturated rings. The van der Waals surface area contributed by atoms with Crippen molar-refractivity contribution in [3.8, 4) is 11.5 Å². The number of rotatable bonds is 4. The molecule has 0 saturated carbocycles. The van der Waals surface area contributed by atoms with Gasteiger partial charge in [-0.25, -0.2) is 8.78 Å². The van der Waals surface area contributed by atoms with Crippen LogP contribution < -0.4 is 14.8 Å². The number of carboxylic acids is 1. The number of carboxylic acid groups (broad SMARTS) is 1. The number of aliphatic carboxylic acids is 1. The Morgan fingerprint density at radius 3 is 2.60 bits per heavy atom. The van der Waals surface area contributed by atoms with Gasteiger partial charge >= 0.3 is 5.97 Å². The number of nitrogens with one attached hydrogen (secondary N) is 1. The van der Waals surface area contributed by atoms with Crippen molar-refractivity contribution in [1.29, 1.82) is 0 Å². The number of ether oxygens (including phenoxy) is 2. The Labute approximate surface area is 114 Å². The molecular weight excluding hydrogens is 272 g/mol. The molecule has 1 aliphatic heterocycles. The van der Waals surface area contributed by atoms with Gasteiger partial charge in [0, 0.05) is 18.7 Å². The highest BCUT2D eigenvalue weighted by atomic mass is 19.2. The third-order valence-corrected chi connectivity index (χ3v) is 3.42. The van der Waals surface area contributed by atoms with E-state index in [1.54, 1.807) is 0 Å². The van der Waals surface area contributed by atoms with E-state index in [9.17, 15) is 13.6 Å². The number of halogens is 2. The molecule has 2 rings (SSSR count). The van der Waals surface area contributed by atoms with Gasteiger partial charge in [0.15, 0.2) is 23.1 Å². The molecule has 0 radical (unpaired) electrons. The summed E-state index contributed by atoms with van der Waals surface area (Å²) in [4.78, 5) is 10.9. The van der Waals surface area contributed by atoms with Crippen LogP contribution in [-0.2, 0) is 4.79 Å². The summed E-state index contributed by atoms with van der Waals surface area (Å²) in [6, 6.07) is 0.275. The fraction of sp³-hybridized carbons (Fsp3) is 0.462. The smallest absolute Gasteiger partial charge is 0.307 e. The van der Waals surface area contributed by atoms with Crippen molar-refractivity contribution >= 4 is 5.97 Å². The minimum Gasteiger partial charge on any atom is -0.493 e. The molecule has 110 valence electrons. The van der Waals surface area contributed by atoms with E-state index in [1.807, 2.05) is 0 Å². The molecule has 1 aromatic carbocycles. The van der Waals surface area contributed by atoms with E-state index < -0.39 is 29.6 Å². The highest BCUT2D eigenvalue weighted by Crippen LogP contribution is 2.41. The highest BCUT2D eigenvalue weighted by Gasteiger charge is 2.35. The second-order valence-corrected chi connectivity index (χ2v) is 4.55. The largest absolute Gasteiger partial charge is 0.493 e. The summed E-state index contributed by atoms with van der Waals surface area (Å²) in [5.74, 6) is -3.57. The summed E-state index contributed by atoms with van der Waals surface area (Å²) in [7, 11) is 2.64. The number of benzene rings is 1. The first kappa shape index (κ1) is 14.5. The van der Waals surface area contributed by atoms with Gasteiger partial charge < -0.3 is 19.9 Å². The van der Waals surface area contributed by atoms with E-state index in [4.69, 9.17) is 14.6 Å². The maximum Gasteiger partial charge on any atom is 0.307 e. The molecule has 2 unspecified atom stereocenters. The van der Waals surface area contributed by atoms with Crippen LogP contribution in [0.15, 0.2) is 6.07 Å². The van der Waals surface area contributed by atoms with Crippen molar-refractivity contribution < 1.29 is 28.2 Å². The lowest BCUT2D eigenvalue weighted by Gasteiger charge is -2.18. The van der Waals surface area contributed by atoms with Crippen LogP contribution in [0.4, 0.5) is 8.78 Å². The van der Waals surface area contributed by atoms with Crippen molar-refractivity contribution in [3.05, 3.63) is 23.3 Å². The number of methoxy groups -OCH3 is 2. The summed E-state index contributed by atoms with van der Waals surface area (Å²) in [6.07, 6.45) is 0.162. The molecule has 2 atom stereocenters. The van der Waals surface area contributed by atoms with Gasteiger partial charge in [-0.2, -0.15) is 0 Å². The maximum atomic E-state index is 14.0. The van der Waals surface area contributed by atoms with Gasteiger partial charge in [-0.3, -0.25) is 4.79 Å². The third-order valence-electron chi connectivity index (χ3n) is 3.42. The summed E-state index contributed by atoms with van der Waals surface area (Å²) in [5, 5.41) is 11.8. The zero-order valence-corrected chi connectivity index (χ0v) is 11.1. The van der Waals surface area contributed by atoms with Gasteiger partial charge in [0.2, 0.25) is 0 Å². The van der Waals surface area contributed by atoms with Crippen LogP contribution >= 0.6 is 0 Å². The molecule has 5 nitrogen and oxygen atoms in total. The quantitative estimate of drug-likeness (QED) is 0.882. The van der Waals surface area contributed by atoms with E-state index >= 15 is 0 Å². The van der Waals surface area contributed by atoms with E-state index in [-0.39, 0.29) is 30.0 Å². The highest BCUT2D eigenvalue weighted by molar-refractivity contribution is 5.71. The average Bonchev–Trinajstić information content (AvgIpc) is 2.90. The molecule has 0 aliphatic carbocycles. The summed E-state index contributed by atoms with van der Waals surface area (Å²) < 4.78 is 37.7. The van der Waals surface area contributed by atoms with E-state index in [2.05, 4.69) is 5.32 Å². The van der Waals surface area contributed by atoms with Crippen molar-refractivity contribution in [1.82, 2.24) is 5.32 Å². The molecular formula is C13H15F2NO4. The monoisotopic (exact) mass is 287 g/mol. The first-order valence-corrected chi connectivity index (χ1v) is 6.05. The fourth-order valence-electron chi connectivity index (χ4n) is 2.42. The number of hydrogen-bond acceptors (Lipinski definition) is 4. The first-order chi connectivity index (χ1) is 9.49. The first-order valence-electron chi connectivity index (χ1n) is 6.05. The second kappa shape index (κ2) is 5.62. The lowest BCUT2D eigenvalue weighted by atomic mass is 9.98. The Morgan fingerprint density at radius 1 is 1.40 bits per heavy atom. The van der Waals surface area contributed by atoms with Gasteiger partial charge in [0.1, 0.15) is 0 Å². The average molecular weight is 287 g/mol. The Morgan fingerprint density at radius 2 is 2.10 bits per heavy atom. The molecule has 20 heavy (non-hydrogen) atoms. The van der Waals surface area contributed by atoms with Crippen LogP contribution in [0.3, 0.4) is 0 Å². The molecule has 2 N–H and O–H groups in total. The summed E-state index contributed by atoms with van der Waals surface area (Å²) >= 11 is 0. The zero-order valence-electron chi connectivity index (χ0n) is 11.1. The minimum absolute atomic E-state index is 0.0342. The van der Waals surface area contributed by atoms with Crippen LogP contribution in [0.5, 0.6) is 11.5 Å². The lowest BCUT2D eigenvalue weighted by molar-refractivity contribution is -0.141. The van der Waals surface area contributed by atoms with E-state index in [0.717, 1.165) is 6.07 Å². The van der Waals surface area contributed by atoms with Crippen LogP contribution in [0.1, 0.15) is 18.0 Å². The molecule has 0 aromatic heterocycles. The Balaban J connectivity index is 2.45. The van der Waals surface area contributed by atoms with Gasteiger partial charge in [-0.05, 0) is 6.42 Å². The third kappa shape index (κ3) is 2.40. The Hall–Kier alpha value is -1.89. The predicted molar refractivity (Wildman–Crippen MR) is 65.9 cm³/mol. The van der Waals surface area contributed by atoms with E-state index in [0.29, 0.717) is 0 Å². The molecule has 7 heteroatoms. The van der Waals surface area contributed by atoms with Crippen molar-refractivity contribution in [2.75, 3.05) is 20.8 Å². The predicted octanol–water partition coefficient (Wildman–Crippen LogP) is 1.72. The SMILES string of the molecule is COc1cc(F)c(F)c(C2CC(C(=O)O)CN2)c1OC. The van der Waals surface area contributed by atoms with Gasteiger partial charge in [-0.1, -0.05) is 0 Å². The topological polar surface area (TPSA) is 67.8 Å². The maximum absolute atomic E-state index is 14.0. The standard InChI is InChI=1S/C13H15F2NO4/c1-19-9-4-7(14)11(15)10(12(9)20-2)8-3-6(5-16-8)13(17)18/h4,6,8,16H,3,5H2,1-2H3,(H,17,18). The van der Waals surface area contributed by atoms with Crippen LogP contribution in [0.25, 0.3) is 0 Å². The summed E-state index contributed by atoms with van der Waals surface area (Å²) in [5.41, 5.74) is -0.0342. The van der Waals surface area contributed by atoms with Crippen LogP contribution in [0.2, 0.25) is 0 Å². The normalized spacial score (nSPS) is 21.8. The minimum atomic E-state index is -1.06. The van der Waals surface area contributed by atoms with Gasteiger partial charge in [0.05, 0.1) is 25.7 Å². The van der Waals surface area contributed by atoms with Gasteiger partial charge in [0.25, 0.3) is 0 Å². The van der Waals surface area contributed by atoms with Gasteiger partial charge in [-0.15, -0.1) is 0 Å². The molecule has 1 aliphatic rings. The Bertz CT molecular complexity index is 536. The molecule has 0 bridgehead atoms. The molecule has 0 spiro atoms. The van der Waals surface area contributed by atoms with Crippen molar-refractivity contribution in [2.45, 2.75) is 12.5 Å². The van der Waals surface area contributed by atoms with Crippen LogP contribution in [0, 0.1) is 17.6 Å². The zero-order chi connectivity index (χ0) is 14.9. The molecule has 1 heterocycles. The van der Waals surface area contributed by atoms with E-state index in [1.165, 1.54) is 14.2 Å². The lowest BCUT2D eigenvalue weighted by Crippen LogP contribution is -2.18. The fourth-order valence-corrected chi connectivity index (χ4v) is 2.42. The Kier molecular flexibility index (Phi) is 4.08. The number of hydrogen-bond donors (Lipinski definition) is 2. The van der Waals surface area contributed by atoms with Crippen molar-refractivity contribution in [2.24, 2.45) is 5.92 Å².